The van der Waals surface area contributed by atoms with Gasteiger partial charge < -0.3 is 4.90 Å². The molecule has 0 atom stereocenters. The maximum Gasteiger partial charge on any atom is 0.253 e. The van der Waals surface area contributed by atoms with Crippen molar-refractivity contribution in [3.8, 4) is 0 Å². The summed E-state index contributed by atoms with van der Waals surface area (Å²) in [5.74, 6) is 0.105. The van der Waals surface area contributed by atoms with Crippen molar-refractivity contribution < 1.29 is 4.79 Å². The molecule has 0 unspecified atom stereocenters. The summed E-state index contributed by atoms with van der Waals surface area (Å²) >= 11 is 5.82. The van der Waals surface area contributed by atoms with Gasteiger partial charge in [-0.1, -0.05) is 30.9 Å². The lowest BCUT2D eigenvalue weighted by atomic mass is 9.94. The fraction of sp³-hybridized carbons (Fsp3) is 0.500. The molecule has 0 aliphatic heterocycles. The van der Waals surface area contributed by atoms with Crippen LogP contribution >= 0.6 is 11.6 Å². The monoisotopic (exact) mass is 251 g/mol. The second kappa shape index (κ2) is 5.54. The minimum atomic E-state index is 0.105. The highest BCUT2D eigenvalue weighted by molar-refractivity contribution is 6.30. The molecule has 92 valence electrons. The van der Waals surface area contributed by atoms with E-state index in [-0.39, 0.29) is 5.91 Å². The van der Waals surface area contributed by atoms with Crippen molar-refractivity contribution in [2.45, 2.75) is 38.1 Å². The van der Waals surface area contributed by atoms with Crippen molar-refractivity contribution >= 4 is 17.5 Å². The third-order valence-corrected chi connectivity index (χ3v) is 3.79. The molecule has 17 heavy (non-hydrogen) atoms. The molecule has 1 fully saturated rings. The zero-order valence-electron chi connectivity index (χ0n) is 10.2. The fourth-order valence-electron chi connectivity index (χ4n) is 2.43. The van der Waals surface area contributed by atoms with E-state index >= 15 is 0 Å². The van der Waals surface area contributed by atoms with Crippen LogP contribution in [0.3, 0.4) is 0 Å². The third-order valence-electron chi connectivity index (χ3n) is 3.53. The van der Waals surface area contributed by atoms with Crippen molar-refractivity contribution in [3.05, 3.63) is 34.9 Å². The molecule has 1 saturated carbocycles. The normalized spacial score (nSPS) is 16.8. The maximum atomic E-state index is 12.2. The van der Waals surface area contributed by atoms with Gasteiger partial charge in [0.15, 0.2) is 0 Å². The van der Waals surface area contributed by atoms with Gasteiger partial charge in [0.05, 0.1) is 0 Å². The van der Waals surface area contributed by atoms with Crippen LogP contribution in [0.5, 0.6) is 0 Å². The molecule has 0 radical (unpaired) electrons. The predicted octanol–water partition coefficient (Wildman–Crippen LogP) is 3.74. The number of halogens is 1. The Balaban J connectivity index is 2.05. The number of nitrogens with zero attached hydrogens (tertiary/aromatic N) is 1. The topological polar surface area (TPSA) is 20.3 Å². The minimum Gasteiger partial charge on any atom is -0.339 e. The predicted molar refractivity (Wildman–Crippen MR) is 70.4 cm³/mol. The van der Waals surface area contributed by atoms with Gasteiger partial charge in [0, 0.05) is 23.7 Å². The van der Waals surface area contributed by atoms with Gasteiger partial charge in [0.1, 0.15) is 0 Å². The summed E-state index contributed by atoms with van der Waals surface area (Å²) in [5, 5.41) is 0.668. The average Bonchev–Trinajstić information content (AvgIpc) is 2.39. The molecule has 3 heteroatoms. The summed E-state index contributed by atoms with van der Waals surface area (Å²) in [6, 6.07) is 7.54. The van der Waals surface area contributed by atoms with Gasteiger partial charge in [-0.2, -0.15) is 0 Å². The van der Waals surface area contributed by atoms with E-state index in [4.69, 9.17) is 11.6 Å². The van der Waals surface area contributed by atoms with Crippen LogP contribution in [-0.4, -0.2) is 23.9 Å². The Bertz CT molecular complexity index is 382. The van der Waals surface area contributed by atoms with Gasteiger partial charge in [0.2, 0.25) is 0 Å². The first-order valence-electron chi connectivity index (χ1n) is 6.21. The molecule has 1 aromatic carbocycles. The summed E-state index contributed by atoms with van der Waals surface area (Å²) < 4.78 is 0. The first-order valence-corrected chi connectivity index (χ1v) is 6.59. The smallest absolute Gasteiger partial charge is 0.253 e. The van der Waals surface area contributed by atoms with Crippen molar-refractivity contribution in [2.75, 3.05) is 7.05 Å². The molecule has 0 spiro atoms. The van der Waals surface area contributed by atoms with Crippen LogP contribution in [0.15, 0.2) is 24.3 Å². The van der Waals surface area contributed by atoms with E-state index in [1.165, 1.54) is 19.3 Å². The summed E-state index contributed by atoms with van der Waals surface area (Å²) in [6.07, 6.45) is 6.05. The highest BCUT2D eigenvalue weighted by Gasteiger charge is 2.22. The molecule has 0 bridgehead atoms. The molecule has 1 amide bonds. The van der Waals surface area contributed by atoms with Gasteiger partial charge in [-0.05, 0) is 37.1 Å². The van der Waals surface area contributed by atoms with E-state index in [0.717, 1.165) is 18.4 Å². The molecule has 0 aromatic heterocycles. The Morgan fingerprint density at radius 1 is 1.18 bits per heavy atom. The van der Waals surface area contributed by atoms with E-state index in [2.05, 4.69) is 0 Å². The molecular weight excluding hydrogens is 234 g/mol. The molecule has 1 aromatic rings. The Hall–Kier alpha value is -1.02. The van der Waals surface area contributed by atoms with Gasteiger partial charge in [-0.3, -0.25) is 4.79 Å². The van der Waals surface area contributed by atoms with Crippen molar-refractivity contribution in [1.29, 1.82) is 0 Å². The zero-order chi connectivity index (χ0) is 12.3. The summed E-state index contributed by atoms with van der Waals surface area (Å²) in [6.45, 7) is 0. The van der Waals surface area contributed by atoms with Crippen LogP contribution in [0.1, 0.15) is 42.5 Å². The van der Waals surface area contributed by atoms with E-state index in [9.17, 15) is 4.79 Å². The Morgan fingerprint density at radius 3 is 2.35 bits per heavy atom. The van der Waals surface area contributed by atoms with E-state index < -0.39 is 0 Å². The molecule has 2 rings (SSSR count). The number of hydrogen-bond acceptors (Lipinski definition) is 1. The van der Waals surface area contributed by atoms with Gasteiger partial charge in [-0.25, -0.2) is 0 Å². The lowest BCUT2D eigenvalue weighted by molar-refractivity contribution is 0.0696. The van der Waals surface area contributed by atoms with Gasteiger partial charge >= 0.3 is 0 Å². The first kappa shape index (κ1) is 12.4. The Morgan fingerprint density at radius 2 is 1.76 bits per heavy atom. The molecule has 1 aliphatic rings. The lowest BCUT2D eigenvalue weighted by Crippen LogP contribution is -2.38. The van der Waals surface area contributed by atoms with E-state index in [1.54, 1.807) is 24.3 Å². The minimum absolute atomic E-state index is 0.105. The second-order valence-electron chi connectivity index (χ2n) is 4.71. The van der Waals surface area contributed by atoms with Crippen LogP contribution in [0.2, 0.25) is 5.02 Å². The van der Waals surface area contributed by atoms with Crippen LogP contribution in [0.25, 0.3) is 0 Å². The largest absolute Gasteiger partial charge is 0.339 e. The quantitative estimate of drug-likeness (QED) is 0.784. The van der Waals surface area contributed by atoms with E-state index in [1.807, 2.05) is 11.9 Å². The zero-order valence-corrected chi connectivity index (χ0v) is 10.9. The standard InChI is InChI=1S/C14H18ClNO/c1-16(13-5-3-2-4-6-13)14(17)11-7-9-12(15)10-8-11/h7-10,13H,2-6H2,1H3. The number of carbonyl (C=O) groups is 1. The number of benzene rings is 1. The number of amides is 1. The van der Waals surface area contributed by atoms with Gasteiger partial charge in [-0.15, -0.1) is 0 Å². The SMILES string of the molecule is CN(C(=O)c1ccc(Cl)cc1)C1CCCCC1. The van der Waals surface area contributed by atoms with Crippen LogP contribution in [0, 0.1) is 0 Å². The van der Waals surface area contributed by atoms with E-state index in [0.29, 0.717) is 11.1 Å². The molecule has 0 heterocycles. The second-order valence-corrected chi connectivity index (χ2v) is 5.15. The summed E-state index contributed by atoms with van der Waals surface area (Å²) in [4.78, 5) is 14.1. The van der Waals surface area contributed by atoms with Crippen molar-refractivity contribution in [1.82, 2.24) is 4.90 Å². The Kier molecular flexibility index (Phi) is 4.06. The maximum absolute atomic E-state index is 12.2. The van der Waals surface area contributed by atoms with Gasteiger partial charge in [0.25, 0.3) is 5.91 Å². The summed E-state index contributed by atoms with van der Waals surface area (Å²) in [7, 11) is 1.91. The molecule has 2 nitrogen and oxygen atoms in total. The molecular formula is C14H18ClNO. The average molecular weight is 252 g/mol. The number of rotatable bonds is 2. The first-order chi connectivity index (χ1) is 8.18. The van der Waals surface area contributed by atoms with Crippen LogP contribution in [-0.2, 0) is 0 Å². The van der Waals surface area contributed by atoms with Crippen molar-refractivity contribution in [2.24, 2.45) is 0 Å². The van der Waals surface area contributed by atoms with Crippen LogP contribution in [0.4, 0.5) is 0 Å². The number of carbonyl (C=O) groups excluding carboxylic acids is 1. The Labute approximate surface area is 108 Å². The molecule has 1 aliphatic carbocycles. The molecule has 0 N–H and O–H groups in total. The van der Waals surface area contributed by atoms with Crippen molar-refractivity contribution in [3.63, 3.8) is 0 Å². The number of hydrogen-bond donors (Lipinski definition) is 0. The molecule has 0 saturated heterocycles. The highest BCUT2D eigenvalue weighted by atomic mass is 35.5. The third kappa shape index (κ3) is 3.01. The fourth-order valence-corrected chi connectivity index (χ4v) is 2.56. The highest BCUT2D eigenvalue weighted by Crippen LogP contribution is 2.23. The van der Waals surface area contributed by atoms with Crippen LogP contribution < -0.4 is 0 Å². The summed E-state index contributed by atoms with van der Waals surface area (Å²) in [5.41, 5.74) is 0.725. The lowest BCUT2D eigenvalue weighted by Gasteiger charge is -2.31.